The second-order valence-electron chi connectivity index (χ2n) is 0.577. The van der Waals surface area contributed by atoms with Gasteiger partial charge in [0, 0.05) is 35.7 Å². The average molecular weight is 268 g/mol. The third kappa shape index (κ3) is 11.3. The Morgan fingerprint density at radius 3 is 1.25 bits per heavy atom. The molecular formula is C2H7BiSi. The zero-order chi connectivity index (χ0) is 2.71. The standard InChI is InChI=1S/C2H7Si.Bi/c1-3-2;/h3H,1-2H3;. The van der Waals surface area contributed by atoms with Crippen LogP contribution in [0.15, 0.2) is 0 Å². The molecule has 0 aliphatic carbocycles. The monoisotopic (exact) mass is 268 g/mol. The van der Waals surface area contributed by atoms with Gasteiger partial charge >= 0.3 is 0 Å². The van der Waals surface area contributed by atoms with Crippen molar-refractivity contribution in [3.63, 3.8) is 0 Å². The molecule has 0 aliphatic heterocycles. The third-order valence-corrected chi connectivity index (χ3v) is 0. The molecule has 0 rings (SSSR count). The molecule has 4 radical (unpaired) electrons. The number of rotatable bonds is 0. The molecule has 0 aliphatic rings. The summed E-state index contributed by atoms with van der Waals surface area (Å²) in [7, 11) is 0.750. The summed E-state index contributed by atoms with van der Waals surface area (Å²) < 4.78 is 0. The molecule has 24 valence electrons. The topological polar surface area (TPSA) is 0 Å². The maximum Gasteiger partial charge on any atom is 0.0213 e. The van der Waals surface area contributed by atoms with E-state index in [9.17, 15) is 0 Å². The van der Waals surface area contributed by atoms with Crippen molar-refractivity contribution in [1.29, 1.82) is 0 Å². The van der Waals surface area contributed by atoms with Gasteiger partial charge in [-0.05, 0) is 0 Å². The van der Waals surface area contributed by atoms with Crippen molar-refractivity contribution >= 4 is 35.7 Å². The SMILES string of the molecule is C[SiH]C.[Bi]. The molecule has 0 saturated heterocycles. The zero-order valence-electron chi connectivity index (χ0n) is 3.02. The quantitative estimate of drug-likeness (QED) is 0.548. The van der Waals surface area contributed by atoms with Crippen LogP contribution in [0.4, 0.5) is 0 Å². The Morgan fingerprint density at radius 1 is 1.25 bits per heavy atom. The van der Waals surface area contributed by atoms with E-state index in [1.54, 1.807) is 0 Å². The molecule has 0 heterocycles. The van der Waals surface area contributed by atoms with Crippen LogP contribution in [0.25, 0.3) is 0 Å². The Labute approximate surface area is 48.9 Å². The van der Waals surface area contributed by atoms with Crippen molar-refractivity contribution in [1.82, 2.24) is 0 Å². The van der Waals surface area contributed by atoms with E-state index >= 15 is 0 Å². The van der Waals surface area contributed by atoms with Gasteiger partial charge in [0.15, 0.2) is 0 Å². The van der Waals surface area contributed by atoms with Crippen molar-refractivity contribution in [3.05, 3.63) is 0 Å². The minimum absolute atomic E-state index is 0. The Kier molecular flexibility index (Phi) is 19.9. The van der Waals surface area contributed by atoms with Crippen molar-refractivity contribution in [2.24, 2.45) is 0 Å². The van der Waals surface area contributed by atoms with Crippen LogP contribution in [0.5, 0.6) is 0 Å². The smallest absolute Gasteiger partial charge is 0.0213 e. The summed E-state index contributed by atoms with van der Waals surface area (Å²) in [6, 6.07) is 0. The van der Waals surface area contributed by atoms with Crippen LogP contribution < -0.4 is 0 Å². The van der Waals surface area contributed by atoms with Crippen LogP contribution in [-0.4, -0.2) is 35.7 Å². The molecule has 0 aromatic heterocycles. The van der Waals surface area contributed by atoms with Gasteiger partial charge in [-0.25, -0.2) is 0 Å². The van der Waals surface area contributed by atoms with Gasteiger partial charge in [-0.1, -0.05) is 13.1 Å². The van der Waals surface area contributed by atoms with Gasteiger partial charge in [-0.3, -0.25) is 0 Å². The van der Waals surface area contributed by atoms with E-state index in [4.69, 9.17) is 0 Å². The van der Waals surface area contributed by atoms with Crippen molar-refractivity contribution in [2.45, 2.75) is 13.1 Å². The first-order chi connectivity index (χ1) is 1.41. The minimum Gasteiger partial charge on any atom is -0.0743 e. The van der Waals surface area contributed by atoms with E-state index in [0.717, 1.165) is 9.52 Å². The van der Waals surface area contributed by atoms with Gasteiger partial charge in [0.05, 0.1) is 0 Å². The normalized spacial score (nSPS) is 4.50. The summed E-state index contributed by atoms with van der Waals surface area (Å²) >= 11 is 0. The van der Waals surface area contributed by atoms with Crippen molar-refractivity contribution in [3.8, 4) is 0 Å². The molecular weight excluding hydrogens is 261 g/mol. The summed E-state index contributed by atoms with van der Waals surface area (Å²) in [6.45, 7) is 4.42. The fraction of sp³-hybridized carbons (Fsp3) is 1.00. The Morgan fingerprint density at radius 2 is 1.25 bits per heavy atom. The maximum absolute atomic E-state index is 2.21. The van der Waals surface area contributed by atoms with Crippen LogP contribution in [0.3, 0.4) is 0 Å². The van der Waals surface area contributed by atoms with Crippen molar-refractivity contribution in [2.75, 3.05) is 0 Å². The summed E-state index contributed by atoms with van der Waals surface area (Å²) in [5.41, 5.74) is 0. The average Bonchev–Trinajstić information content (AvgIpc) is 0.918. The first-order valence-corrected chi connectivity index (χ1v) is 3.46. The van der Waals surface area contributed by atoms with Gasteiger partial charge in [0.2, 0.25) is 0 Å². The predicted molar refractivity (Wildman–Crippen MR) is 24.6 cm³/mol. The van der Waals surface area contributed by atoms with E-state index in [-0.39, 0.29) is 26.2 Å². The van der Waals surface area contributed by atoms with Gasteiger partial charge < -0.3 is 0 Å². The molecule has 0 spiro atoms. The fourth-order valence-electron chi connectivity index (χ4n) is 0. The molecule has 0 aromatic rings. The largest absolute Gasteiger partial charge is 0.0743 e. The van der Waals surface area contributed by atoms with E-state index in [2.05, 4.69) is 13.1 Å². The van der Waals surface area contributed by atoms with Crippen LogP contribution in [0, 0.1) is 0 Å². The molecule has 0 saturated carbocycles. The molecule has 0 fully saturated rings. The molecule has 0 amide bonds. The van der Waals surface area contributed by atoms with E-state index in [1.165, 1.54) is 0 Å². The second-order valence-corrected chi connectivity index (χ2v) is 1.73. The summed E-state index contributed by atoms with van der Waals surface area (Å²) in [6.07, 6.45) is 0. The molecule has 0 bridgehead atoms. The van der Waals surface area contributed by atoms with Gasteiger partial charge in [-0.2, -0.15) is 0 Å². The molecule has 2 heteroatoms. The zero-order valence-corrected chi connectivity index (χ0v) is 7.66. The van der Waals surface area contributed by atoms with E-state index in [0.29, 0.717) is 0 Å². The Balaban J connectivity index is 0. The van der Waals surface area contributed by atoms with E-state index < -0.39 is 0 Å². The van der Waals surface area contributed by atoms with E-state index in [1.807, 2.05) is 0 Å². The van der Waals surface area contributed by atoms with Gasteiger partial charge in [-0.15, -0.1) is 0 Å². The van der Waals surface area contributed by atoms with Gasteiger partial charge in [0.1, 0.15) is 0 Å². The Hall–Kier alpha value is 1.10. The number of hydrogen-bond donors (Lipinski definition) is 0. The van der Waals surface area contributed by atoms with Gasteiger partial charge in [0.25, 0.3) is 0 Å². The van der Waals surface area contributed by atoms with Crippen LogP contribution in [0.2, 0.25) is 13.1 Å². The molecule has 0 aromatic carbocycles. The summed E-state index contributed by atoms with van der Waals surface area (Å²) in [4.78, 5) is 0. The predicted octanol–water partition coefficient (Wildman–Crippen LogP) is 0.138. The molecule has 0 N–H and O–H groups in total. The molecule has 4 heavy (non-hydrogen) atoms. The van der Waals surface area contributed by atoms with Crippen molar-refractivity contribution < 1.29 is 0 Å². The number of hydrogen-bond acceptors (Lipinski definition) is 0. The fourth-order valence-corrected chi connectivity index (χ4v) is 0. The van der Waals surface area contributed by atoms with Crippen LogP contribution in [-0.2, 0) is 0 Å². The minimum atomic E-state index is 0. The third-order valence-electron chi connectivity index (χ3n) is 0. The van der Waals surface area contributed by atoms with Crippen LogP contribution in [0.1, 0.15) is 0 Å². The van der Waals surface area contributed by atoms with Crippen LogP contribution >= 0.6 is 0 Å². The maximum atomic E-state index is 2.21. The molecule has 0 unspecified atom stereocenters. The summed E-state index contributed by atoms with van der Waals surface area (Å²) in [5.74, 6) is 0. The first-order valence-electron chi connectivity index (χ1n) is 1.15. The first kappa shape index (κ1) is 8.92. The Bertz CT molecular complexity index is 6.00. The summed E-state index contributed by atoms with van der Waals surface area (Å²) in [5, 5.41) is 0. The molecule has 0 nitrogen and oxygen atoms in total. The second kappa shape index (κ2) is 8.93. The molecule has 0 atom stereocenters.